The summed E-state index contributed by atoms with van der Waals surface area (Å²) in [5.74, 6) is -2.68. The number of hydrogen-bond acceptors (Lipinski definition) is 9. The van der Waals surface area contributed by atoms with E-state index >= 15 is 0 Å². The molecule has 0 saturated carbocycles. The van der Waals surface area contributed by atoms with Gasteiger partial charge in [0.2, 0.25) is 29.5 Å². The summed E-state index contributed by atoms with van der Waals surface area (Å²) in [5, 5.41) is 15.7. The number of nitrogens with one attached hydrogen (secondary N) is 4. The largest absolute Gasteiger partial charge is 0.361 e. The van der Waals surface area contributed by atoms with Crippen LogP contribution < -0.4 is 16.0 Å². The van der Waals surface area contributed by atoms with Crippen LogP contribution in [-0.2, 0) is 36.9 Å². The number of fused-ring (bicyclic) bond motifs is 3. The maximum absolute atomic E-state index is 13.9. The van der Waals surface area contributed by atoms with Crippen LogP contribution in [0.15, 0.2) is 48.1 Å². The molecular weight excluding hydrogens is 725 g/mol. The summed E-state index contributed by atoms with van der Waals surface area (Å²) in [6.07, 6.45) is 4.15. The van der Waals surface area contributed by atoms with Crippen molar-refractivity contribution in [1.82, 2.24) is 50.4 Å². The molecule has 3 atom stereocenters. The van der Waals surface area contributed by atoms with Crippen molar-refractivity contribution in [3.8, 4) is 0 Å². The van der Waals surface area contributed by atoms with Crippen molar-refractivity contribution < 1.29 is 28.8 Å². The molecule has 55 heavy (non-hydrogen) atoms. The Bertz CT molecular complexity index is 2020. The molecule has 0 unspecified atom stereocenters. The van der Waals surface area contributed by atoms with Gasteiger partial charge in [-0.1, -0.05) is 32.0 Å². The molecule has 4 heterocycles. The van der Waals surface area contributed by atoms with E-state index < -0.39 is 47.7 Å². The van der Waals surface area contributed by atoms with Gasteiger partial charge in [-0.2, -0.15) is 5.10 Å². The predicted octanol–water partition coefficient (Wildman–Crippen LogP) is 2.03. The number of hydrogen-bond donors (Lipinski definition) is 4. The average Bonchev–Trinajstić information content (AvgIpc) is 3.90. The van der Waals surface area contributed by atoms with Crippen LogP contribution in [0.4, 0.5) is 0 Å². The SMILES string of the molecule is Cc1ccnn1CCC(=O)N1CCN(C)C(=O)[C@H](C)NC(=O)CN(C)C(=O)[C@@H](Cc2c[nH]c3ccccc23)NC(=O)c2csc(n2)[C@H](CC(C)C)NC(=O)C1. The van der Waals surface area contributed by atoms with E-state index in [1.54, 1.807) is 29.5 Å². The highest BCUT2D eigenvalue weighted by Gasteiger charge is 2.30. The van der Waals surface area contributed by atoms with Gasteiger partial charge in [-0.05, 0) is 43.9 Å². The van der Waals surface area contributed by atoms with Gasteiger partial charge in [-0.25, -0.2) is 4.98 Å². The number of para-hydroxylation sites is 1. The van der Waals surface area contributed by atoms with E-state index in [1.807, 2.05) is 51.1 Å². The first kappa shape index (κ1) is 40.6. The van der Waals surface area contributed by atoms with Crippen LogP contribution in [0.5, 0.6) is 0 Å². The topological polar surface area (TPSA) is 195 Å². The lowest BCUT2D eigenvalue weighted by Gasteiger charge is -2.28. The third-order valence-corrected chi connectivity index (χ3v) is 10.5. The zero-order valence-corrected chi connectivity index (χ0v) is 32.9. The first-order valence-corrected chi connectivity index (χ1v) is 19.2. The highest BCUT2D eigenvalue weighted by Crippen LogP contribution is 2.25. The molecule has 0 spiro atoms. The smallest absolute Gasteiger partial charge is 0.271 e. The van der Waals surface area contributed by atoms with Gasteiger partial charge in [0.25, 0.3) is 5.91 Å². The zero-order chi connectivity index (χ0) is 39.8. The van der Waals surface area contributed by atoms with Gasteiger partial charge in [0, 0.05) is 80.9 Å². The molecule has 17 heteroatoms. The second-order valence-electron chi connectivity index (χ2n) is 14.4. The van der Waals surface area contributed by atoms with Crippen molar-refractivity contribution in [1.29, 1.82) is 0 Å². The summed E-state index contributed by atoms with van der Waals surface area (Å²) >= 11 is 1.21. The molecule has 294 valence electrons. The van der Waals surface area contributed by atoms with Crippen LogP contribution in [0.2, 0.25) is 0 Å². The van der Waals surface area contributed by atoms with Gasteiger partial charge in [-0.15, -0.1) is 11.3 Å². The molecule has 4 N–H and O–H groups in total. The third-order valence-electron chi connectivity index (χ3n) is 9.54. The van der Waals surface area contributed by atoms with Crippen molar-refractivity contribution >= 4 is 57.7 Å². The number of benzene rings is 1. The summed E-state index contributed by atoms with van der Waals surface area (Å²) < 4.78 is 1.71. The lowest BCUT2D eigenvalue weighted by atomic mass is 10.0. The van der Waals surface area contributed by atoms with Crippen LogP contribution >= 0.6 is 11.3 Å². The predicted molar refractivity (Wildman–Crippen MR) is 207 cm³/mol. The van der Waals surface area contributed by atoms with Crippen molar-refractivity contribution in [2.24, 2.45) is 5.92 Å². The van der Waals surface area contributed by atoms with E-state index in [2.05, 4.69) is 31.0 Å². The number of H-pyrrole nitrogens is 1. The zero-order valence-electron chi connectivity index (χ0n) is 32.1. The first-order chi connectivity index (χ1) is 26.2. The van der Waals surface area contributed by atoms with Gasteiger partial charge >= 0.3 is 0 Å². The minimum absolute atomic E-state index is 0.0543. The summed E-state index contributed by atoms with van der Waals surface area (Å²) in [7, 11) is 3.02. The fourth-order valence-electron chi connectivity index (χ4n) is 6.52. The number of aromatic nitrogens is 4. The number of amides is 6. The maximum Gasteiger partial charge on any atom is 0.271 e. The molecule has 3 aromatic heterocycles. The van der Waals surface area contributed by atoms with Crippen molar-refractivity contribution in [3.63, 3.8) is 0 Å². The Morgan fingerprint density at radius 1 is 0.927 bits per heavy atom. The van der Waals surface area contributed by atoms with Gasteiger partial charge in [0.05, 0.1) is 19.1 Å². The van der Waals surface area contributed by atoms with E-state index in [9.17, 15) is 28.8 Å². The Morgan fingerprint density at radius 2 is 1.67 bits per heavy atom. The normalized spacial score (nSPS) is 20.0. The fourth-order valence-corrected chi connectivity index (χ4v) is 7.38. The second-order valence-corrected chi connectivity index (χ2v) is 15.3. The van der Waals surface area contributed by atoms with E-state index in [0.29, 0.717) is 18.0 Å². The number of likely N-dealkylation sites (N-methyl/N-ethyl adjacent to an activating group) is 2. The van der Waals surface area contributed by atoms with E-state index in [4.69, 9.17) is 0 Å². The number of carbonyl (C=O) groups excluding carboxylic acids is 6. The Balaban J connectivity index is 1.43. The van der Waals surface area contributed by atoms with Crippen LogP contribution in [-0.4, -0.2) is 122 Å². The molecule has 0 radical (unpaired) electrons. The lowest BCUT2D eigenvalue weighted by molar-refractivity contribution is -0.139. The second kappa shape index (κ2) is 18.2. The maximum atomic E-state index is 13.9. The molecule has 0 saturated heterocycles. The Labute approximate surface area is 324 Å². The van der Waals surface area contributed by atoms with Crippen LogP contribution in [0.3, 0.4) is 0 Å². The van der Waals surface area contributed by atoms with Crippen LogP contribution in [0.1, 0.15) is 66.4 Å². The number of rotatable bonds is 7. The van der Waals surface area contributed by atoms with E-state index in [-0.39, 0.29) is 56.5 Å². The fraction of sp³-hybridized carbons (Fsp3) is 0.474. The highest BCUT2D eigenvalue weighted by molar-refractivity contribution is 7.09. The highest BCUT2D eigenvalue weighted by atomic mass is 32.1. The van der Waals surface area contributed by atoms with Crippen molar-refractivity contribution in [2.75, 3.05) is 40.3 Å². The van der Waals surface area contributed by atoms with Crippen molar-refractivity contribution in [2.45, 2.75) is 71.6 Å². The first-order valence-electron chi connectivity index (χ1n) is 18.4. The molecule has 16 nitrogen and oxygen atoms in total. The molecule has 4 aromatic rings. The number of aromatic amines is 1. The summed E-state index contributed by atoms with van der Waals surface area (Å²) in [6.45, 7) is 7.24. The van der Waals surface area contributed by atoms with Crippen molar-refractivity contribution in [3.05, 3.63) is 70.1 Å². The molecule has 2 bridgehead atoms. The van der Waals surface area contributed by atoms with Gasteiger partial charge in [-0.3, -0.25) is 33.4 Å². The Hall–Kier alpha value is -5.58. The molecule has 0 aliphatic carbocycles. The quantitative estimate of drug-likeness (QED) is 0.219. The van der Waals surface area contributed by atoms with Gasteiger partial charge < -0.3 is 35.6 Å². The molecule has 6 amide bonds. The van der Waals surface area contributed by atoms with E-state index in [1.165, 1.54) is 40.0 Å². The molecule has 1 aromatic carbocycles. The number of aryl methyl sites for hydroxylation is 2. The lowest BCUT2D eigenvalue weighted by Crippen LogP contribution is -2.53. The van der Waals surface area contributed by atoms with Crippen LogP contribution in [0.25, 0.3) is 10.9 Å². The molecule has 1 aliphatic rings. The minimum atomic E-state index is -1.07. The van der Waals surface area contributed by atoms with Gasteiger partial charge in [0.1, 0.15) is 22.8 Å². The standard InChI is InChI=1S/C38H50N10O6S/c1-23(2)17-29-36-44-31(22-55-36)35(52)43-30(18-26-19-39-28-10-8-7-9-27(26)28)38(54)46(6)20-32(49)41-25(4)37(53)45(5)15-16-47(21-33(50)42-29)34(51)12-14-48-24(3)11-13-40-48/h7-11,13,19,22-23,25,29-30,39H,12,14-18,20-21H2,1-6H3,(H,41,49)(H,42,50)(H,43,52)/t25-,29-,30+/m0/s1. The minimum Gasteiger partial charge on any atom is -0.361 e. The average molecular weight is 775 g/mol. The summed E-state index contributed by atoms with van der Waals surface area (Å²) in [6, 6.07) is 6.85. The number of nitrogens with zero attached hydrogens (tertiary/aromatic N) is 6. The molecule has 5 rings (SSSR count). The van der Waals surface area contributed by atoms with Crippen LogP contribution in [0, 0.1) is 12.8 Å². The van der Waals surface area contributed by atoms with E-state index in [0.717, 1.165) is 22.2 Å². The Kier molecular flexibility index (Phi) is 13.4. The summed E-state index contributed by atoms with van der Waals surface area (Å²) in [5.41, 5.74) is 2.63. The monoisotopic (exact) mass is 774 g/mol. The van der Waals surface area contributed by atoms with Gasteiger partial charge in [0.15, 0.2) is 0 Å². The number of carbonyl (C=O) groups is 6. The molecule has 1 aliphatic heterocycles. The summed E-state index contributed by atoms with van der Waals surface area (Å²) in [4.78, 5) is 93.3. The Morgan fingerprint density at radius 3 is 2.40 bits per heavy atom. The molecular formula is C38H50N10O6S. The number of thiazole rings is 1. The third kappa shape index (κ3) is 10.6. The molecule has 0 fully saturated rings.